The van der Waals surface area contributed by atoms with Crippen LogP contribution >= 0.6 is 0 Å². The van der Waals surface area contributed by atoms with Gasteiger partial charge in [0.25, 0.3) is 0 Å². The largest absolute Gasteiger partial charge is 0.368 e. The number of imidazole rings is 1. The second kappa shape index (κ2) is 7.11. The highest BCUT2D eigenvalue weighted by Crippen LogP contribution is 2.14. The van der Waals surface area contributed by atoms with Crippen LogP contribution in [0.5, 0.6) is 0 Å². The van der Waals surface area contributed by atoms with Gasteiger partial charge in [-0.1, -0.05) is 6.07 Å². The number of aryl methyl sites for hydroxylation is 1. The Hall–Kier alpha value is -2.25. The van der Waals surface area contributed by atoms with Crippen molar-refractivity contribution in [1.29, 1.82) is 0 Å². The van der Waals surface area contributed by atoms with Gasteiger partial charge >= 0.3 is 0 Å². The summed E-state index contributed by atoms with van der Waals surface area (Å²) in [4.78, 5) is 8.75. The summed E-state index contributed by atoms with van der Waals surface area (Å²) in [6.45, 7) is 6.60. The Morgan fingerprint density at radius 3 is 2.71 bits per heavy atom. The zero-order valence-corrected chi connectivity index (χ0v) is 14.1. The number of nitrogens with two attached hydrogens (primary N) is 1. The topological polar surface area (TPSA) is 62.7 Å². The van der Waals surface area contributed by atoms with Gasteiger partial charge in [0.15, 0.2) is 0 Å². The summed E-state index contributed by atoms with van der Waals surface area (Å²) in [5.74, 6) is 0.112. The number of nitrogen functional groups attached to an aromatic ring is 1. The molecule has 6 nitrogen and oxygen atoms in total. The summed E-state index contributed by atoms with van der Waals surface area (Å²) in [5, 5.41) is 4.35. The van der Waals surface area contributed by atoms with Crippen molar-refractivity contribution in [2.45, 2.75) is 13.5 Å². The summed E-state index contributed by atoms with van der Waals surface area (Å²) in [6.07, 6.45) is 3.47. The lowest BCUT2D eigenvalue weighted by Gasteiger charge is -2.32. The molecular weight excluding hydrogens is 307 g/mol. The van der Waals surface area contributed by atoms with Crippen molar-refractivity contribution in [1.82, 2.24) is 19.5 Å². The number of halogens is 1. The number of anilines is 1. The quantitative estimate of drug-likeness (QED) is 0.864. The molecule has 1 fully saturated rings. The monoisotopic (exact) mass is 330 g/mol. The van der Waals surface area contributed by atoms with Crippen LogP contribution in [0.4, 0.5) is 10.3 Å². The number of hydrogen-bond donors (Lipinski definition) is 1. The molecule has 0 saturated carbocycles. The number of rotatable bonds is 4. The highest BCUT2D eigenvalue weighted by molar-refractivity contribution is 5.81. The van der Waals surface area contributed by atoms with E-state index in [9.17, 15) is 4.39 Å². The van der Waals surface area contributed by atoms with Gasteiger partial charge in [-0.25, -0.2) is 14.1 Å². The molecule has 7 heteroatoms. The molecule has 0 amide bonds. The van der Waals surface area contributed by atoms with Crippen LogP contribution < -0.4 is 5.73 Å². The van der Waals surface area contributed by atoms with Crippen molar-refractivity contribution < 1.29 is 4.39 Å². The minimum Gasteiger partial charge on any atom is -0.368 e. The highest BCUT2D eigenvalue weighted by Gasteiger charge is 2.15. The van der Waals surface area contributed by atoms with Crippen molar-refractivity contribution >= 4 is 12.2 Å². The van der Waals surface area contributed by atoms with Crippen LogP contribution in [0, 0.1) is 12.7 Å². The van der Waals surface area contributed by atoms with Gasteiger partial charge < -0.3 is 10.6 Å². The number of benzene rings is 1. The molecule has 3 rings (SSSR count). The lowest BCUT2D eigenvalue weighted by atomic mass is 10.1. The van der Waals surface area contributed by atoms with Gasteiger partial charge in [0, 0.05) is 32.7 Å². The molecular formula is C17H23FN6. The molecule has 2 aromatic rings. The average Bonchev–Trinajstić information content (AvgIpc) is 2.86. The summed E-state index contributed by atoms with van der Waals surface area (Å²) in [5.41, 5.74) is 8.42. The lowest BCUT2D eigenvalue weighted by Crippen LogP contribution is -2.44. The van der Waals surface area contributed by atoms with Crippen LogP contribution in [0.15, 0.2) is 29.5 Å². The summed E-state index contributed by atoms with van der Waals surface area (Å²) >= 11 is 0. The fourth-order valence-electron chi connectivity index (χ4n) is 2.80. The standard InChI is InChI=1S/C17H23FN6/c1-13-11-24(17(19)21-13)20-10-14-3-4-16(18)9-15(14)12-23-7-5-22(2)6-8-23/h3-4,9-11H,5-8,12H2,1-2H3,(H2,19,21). The smallest absolute Gasteiger partial charge is 0.221 e. The predicted molar refractivity (Wildman–Crippen MR) is 93.5 cm³/mol. The first-order valence-corrected chi connectivity index (χ1v) is 8.06. The lowest BCUT2D eigenvalue weighted by molar-refractivity contribution is 0.148. The van der Waals surface area contributed by atoms with E-state index in [0.29, 0.717) is 12.5 Å². The van der Waals surface area contributed by atoms with Crippen LogP contribution in [0.3, 0.4) is 0 Å². The second-order valence-electron chi connectivity index (χ2n) is 6.25. The van der Waals surface area contributed by atoms with E-state index in [4.69, 9.17) is 5.73 Å². The van der Waals surface area contributed by atoms with Crippen LogP contribution in [-0.2, 0) is 6.54 Å². The fourth-order valence-corrected chi connectivity index (χ4v) is 2.80. The Labute approximate surface area is 141 Å². The normalized spacial score (nSPS) is 17.0. The van der Waals surface area contributed by atoms with Crippen LogP contribution in [-0.4, -0.2) is 58.9 Å². The van der Waals surface area contributed by atoms with Crippen molar-refractivity contribution in [2.24, 2.45) is 5.10 Å². The van der Waals surface area contributed by atoms with Crippen LogP contribution in [0.2, 0.25) is 0 Å². The second-order valence-corrected chi connectivity index (χ2v) is 6.25. The molecule has 1 saturated heterocycles. The van der Waals surface area contributed by atoms with Gasteiger partial charge in [-0.05, 0) is 37.2 Å². The number of aromatic nitrogens is 2. The Morgan fingerprint density at radius 2 is 2.04 bits per heavy atom. The van der Waals surface area contributed by atoms with Crippen molar-refractivity contribution in [3.8, 4) is 0 Å². The molecule has 2 N–H and O–H groups in total. The maximum Gasteiger partial charge on any atom is 0.221 e. The molecule has 24 heavy (non-hydrogen) atoms. The van der Waals surface area contributed by atoms with Gasteiger partial charge in [-0.2, -0.15) is 5.10 Å². The molecule has 1 aliphatic heterocycles. The molecule has 2 heterocycles. The average molecular weight is 330 g/mol. The molecule has 0 bridgehead atoms. The number of nitrogens with zero attached hydrogens (tertiary/aromatic N) is 5. The van der Waals surface area contributed by atoms with E-state index in [1.54, 1.807) is 24.5 Å². The SMILES string of the molecule is Cc1cn(N=Cc2ccc(F)cc2CN2CCN(C)CC2)c(N)n1. The Balaban J connectivity index is 1.79. The van der Waals surface area contributed by atoms with Crippen molar-refractivity contribution in [3.63, 3.8) is 0 Å². The minimum atomic E-state index is -0.228. The third-order valence-corrected chi connectivity index (χ3v) is 4.25. The molecule has 0 unspecified atom stereocenters. The van der Waals surface area contributed by atoms with E-state index in [1.165, 1.54) is 10.7 Å². The molecule has 0 spiro atoms. The van der Waals surface area contributed by atoms with Gasteiger partial charge in [-0.15, -0.1) is 0 Å². The van der Waals surface area contributed by atoms with E-state index in [-0.39, 0.29) is 5.82 Å². The predicted octanol–water partition coefficient (Wildman–Crippen LogP) is 1.54. The van der Waals surface area contributed by atoms with E-state index in [1.807, 2.05) is 6.92 Å². The Morgan fingerprint density at radius 1 is 1.29 bits per heavy atom. The van der Waals surface area contributed by atoms with Gasteiger partial charge in [0.1, 0.15) is 5.82 Å². The maximum atomic E-state index is 13.7. The molecule has 0 atom stereocenters. The number of hydrogen-bond acceptors (Lipinski definition) is 5. The highest BCUT2D eigenvalue weighted by atomic mass is 19.1. The van der Waals surface area contributed by atoms with Crippen molar-refractivity contribution in [2.75, 3.05) is 39.0 Å². The van der Waals surface area contributed by atoms with Gasteiger partial charge in [-0.3, -0.25) is 4.90 Å². The maximum absolute atomic E-state index is 13.7. The third kappa shape index (κ3) is 3.98. The molecule has 0 aliphatic carbocycles. The third-order valence-electron chi connectivity index (χ3n) is 4.25. The molecule has 1 aromatic heterocycles. The first kappa shape index (κ1) is 16.6. The molecule has 1 aliphatic rings. The summed E-state index contributed by atoms with van der Waals surface area (Å²) < 4.78 is 15.2. The van der Waals surface area contributed by atoms with E-state index in [0.717, 1.165) is 43.0 Å². The Kier molecular flexibility index (Phi) is 4.92. The zero-order valence-electron chi connectivity index (χ0n) is 14.1. The zero-order chi connectivity index (χ0) is 17.1. The summed E-state index contributed by atoms with van der Waals surface area (Å²) in [7, 11) is 2.12. The van der Waals surface area contributed by atoms with Crippen molar-refractivity contribution in [3.05, 3.63) is 47.0 Å². The molecule has 1 aromatic carbocycles. The van der Waals surface area contributed by atoms with E-state index in [2.05, 4.69) is 26.9 Å². The van der Waals surface area contributed by atoms with Crippen LogP contribution in [0.1, 0.15) is 16.8 Å². The Bertz CT molecular complexity index is 731. The molecule has 0 radical (unpaired) electrons. The summed E-state index contributed by atoms with van der Waals surface area (Å²) in [6, 6.07) is 4.80. The first-order chi connectivity index (χ1) is 11.5. The number of piperazine rings is 1. The minimum absolute atomic E-state index is 0.228. The van der Waals surface area contributed by atoms with E-state index >= 15 is 0 Å². The fraction of sp³-hybridized carbons (Fsp3) is 0.412. The first-order valence-electron chi connectivity index (χ1n) is 8.06. The number of likely N-dealkylation sites (N-methyl/N-ethyl adjacent to an activating group) is 1. The molecule has 128 valence electrons. The van der Waals surface area contributed by atoms with Gasteiger partial charge in [0.05, 0.1) is 18.1 Å². The van der Waals surface area contributed by atoms with E-state index < -0.39 is 0 Å². The van der Waals surface area contributed by atoms with Gasteiger partial charge in [0.2, 0.25) is 5.95 Å². The van der Waals surface area contributed by atoms with Crippen LogP contribution in [0.25, 0.3) is 0 Å².